The number of benzene rings is 2. The molecular formula is C24H29N3O4. The van der Waals surface area contributed by atoms with E-state index < -0.39 is 5.92 Å². The minimum atomic E-state index is -0.399. The summed E-state index contributed by atoms with van der Waals surface area (Å²) in [7, 11) is 1.54. The molecule has 2 aromatic carbocycles. The van der Waals surface area contributed by atoms with Gasteiger partial charge in [-0.05, 0) is 41.8 Å². The quantitative estimate of drug-likeness (QED) is 0.639. The Balaban J connectivity index is 1.47. The normalized spacial score (nSPS) is 15.8. The Morgan fingerprint density at radius 3 is 2.58 bits per heavy atom. The molecule has 1 atom stereocenters. The molecule has 31 heavy (non-hydrogen) atoms. The van der Waals surface area contributed by atoms with Gasteiger partial charge in [-0.3, -0.25) is 14.4 Å². The Hall–Kier alpha value is -3.35. The highest BCUT2D eigenvalue weighted by atomic mass is 16.5. The smallest absolute Gasteiger partial charge is 0.251 e. The number of hydrogen-bond donors (Lipinski definition) is 2. The van der Waals surface area contributed by atoms with Crippen LogP contribution in [0.1, 0.15) is 42.1 Å². The van der Waals surface area contributed by atoms with Crippen molar-refractivity contribution in [3.05, 3.63) is 59.7 Å². The number of amides is 3. The molecule has 0 aliphatic carbocycles. The number of rotatable bonds is 8. The van der Waals surface area contributed by atoms with Gasteiger partial charge in [0.2, 0.25) is 11.8 Å². The van der Waals surface area contributed by atoms with Crippen LogP contribution in [0.25, 0.3) is 0 Å². The molecule has 7 nitrogen and oxygen atoms in total. The Labute approximate surface area is 182 Å². The Kier molecular flexibility index (Phi) is 7.28. The van der Waals surface area contributed by atoms with Crippen LogP contribution >= 0.6 is 0 Å². The summed E-state index contributed by atoms with van der Waals surface area (Å²) in [5, 5.41) is 5.59. The minimum Gasteiger partial charge on any atom is -0.497 e. The molecule has 0 spiro atoms. The van der Waals surface area contributed by atoms with Gasteiger partial charge in [0, 0.05) is 37.3 Å². The van der Waals surface area contributed by atoms with Gasteiger partial charge in [0.15, 0.2) is 0 Å². The van der Waals surface area contributed by atoms with Gasteiger partial charge in [0.05, 0.1) is 13.0 Å². The third-order valence-electron chi connectivity index (χ3n) is 5.39. The van der Waals surface area contributed by atoms with Crippen LogP contribution in [0.5, 0.6) is 5.75 Å². The Bertz CT molecular complexity index is 957. The van der Waals surface area contributed by atoms with Gasteiger partial charge in [0.25, 0.3) is 5.91 Å². The van der Waals surface area contributed by atoms with Gasteiger partial charge in [0.1, 0.15) is 5.75 Å². The van der Waals surface area contributed by atoms with Crippen molar-refractivity contribution >= 4 is 23.4 Å². The predicted molar refractivity (Wildman–Crippen MR) is 119 cm³/mol. The SMILES string of the molecule is COc1cccc(C(=O)NCCNC(=O)[C@H]2CC(=O)N(c3cccc(C(C)C)c3)C2)c1. The van der Waals surface area contributed by atoms with Crippen molar-refractivity contribution in [3.63, 3.8) is 0 Å². The molecule has 0 unspecified atom stereocenters. The summed E-state index contributed by atoms with van der Waals surface area (Å²) in [5.74, 6) is 0.114. The van der Waals surface area contributed by atoms with Gasteiger partial charge in [-0.1, -0.05) is 32.0 Å². The topological polar surface area (TPSA) is 87.7 Å². The van der Waals surface area contributed by atoms with Gasteiger partial charge < -0.3 is 20.3 Å². The van der Waals surface area contributed by atoms with E-state index in [0.717, 1.165) is 11.3 Å². The lowest BCUT2D eigenvalue weighted by Crippen LogP contribution is -2.38. The minimum absolute atomic E-state index is 0.0487. The largest absolute Gasteiger partial charge is 0.497 e. The second-order valence-corrected chi connectivity index (χ2v) is 7.93. The van der Waals surface area contributed by atoms with Crippen LogP contribution in [0, 0.1) is 5.92 Å². The molecular weight excluding hydrogens is 394 g/mol. The lowest BCUT2D eigenvalue weighted by atomic mass is 10.0. The van der Waals surface area contributed by atoms with Crippen LogP contribution in [0.4, 0.5) is 5.69 Å². The van der Waals surface area contributed by atoms with E-state index in [1.807, 2.05) is 24.3 Å². The van der Waals surface area contributed by atoms with Crippen LogP contribution in [0.15, 0.2) is 48.5 Å². The summed E-state index contributed by atoms with van der Waals surface area (Å²) >= 11 is 0. The zero-order chi connectivity index (χ0) is 22.4. The maximum atomic E-state index is 12.5. The summed E-state index contributed by atoms with van der Waals surface area (Å²) in [6.45, 7) is 5.16. The molecule has 1 aliphatic rings. The molecule has 1 fully saturated rings. The zero-order valence-corrected chi connectivity index (χ0v) is 18.2. The van der Waals surface area contributed by atoms with Crippen LogP contribution in [-0.2, 0) is 9.59 Å². The van der Waals surface area contributed by atoms with E-state index in [2.05, 4.69) is 24.5 Å². The van der Waals surface area contributed by atoms with Crippen LogP contribution < -0.4 is 20.3 Å². The van der Waals surface area contributed by atoms with Crippen molar-refractivity contribution in [1.29, 1.82) is 0 Å². The molecule has 0 saturated carbocycles. The fraction of sp³-hybridized carbons (Fsp3) is 0.375. The fourth-order valence-electron chi connectivity index (χ4n) is 3.56. The van der Waals surface area contributed by atoms with E-state index in [1.165, 1.54) is 0 Å². The average Bonchev–Trinajstić information content (AvgIpc) is 3.18. The Morgan fingerprint density at radius 2 is 1.84 bits per heavy atom. The summed E-state index contributed by atoms with van der Waals surface area (Å²) in [6.07, 6.45) is 0.188. The highest BCUT2D eigenvalue weighted by Crippen LogP contribution is 2.27. The van der Waals surface area contributed by atoms with Gasteiger partial charge in [-0.25, -0.2) is 0 Å². The summed E-state index contributed by atoms with van der Waals surface area (Å²) in [4.78, 5) is 38.9. The number of methoxy groups -OCH3 is 1. The van der Waals surface area contributed by atoms with E-state index >= 15 is 0 Å². The van der Waals surface area contributed by atoms with Crippen molar-refractivity contribution in [2.45, 2.75) is 26.2 Å². The van der Waals surface area contributed by atoms with Crippen LogP contribution in [-0.4, -0.2) is 44.5 Å². The second kappa shape index (κ2) is 10.1. The van der Waals surface area contributed by atoms with Gasteiger partial charge in [-0.15, -0.1) is 0 Å². The van der Waals surface area contributed by atoms with E-state index in [4.69, 9.17) is 4.74 Å². The molecule has 1 heterocycles. The number of carbonyl (C=O) groups is 3. The van der Waals surface area contributed by atoms with E-state index in [9.17, 15) is 14.4 Å². The molecule has 2 aromatic rings. The first-order valence-corrected chi connectivity index (χ1v) is 10.5. The van der Waals surface area contributed by atoms with Gasteiger partial charge in [-0.2, -0.15) is 0 Å². The third-order valence-corrected chi connectivity index (χ3v) is 5.39. The lowest BCUT2D eigenvalue weighted by molar-refractivity contribution is -0.126. The van der Waals surface area contributed by atoms with Crippen LogP contribution in [0.3, 0.4) is 0 Å². The summed E-state index contributed by atoms with van der Waals surface area (Å²) in [6, 6.07) is 14.8. The second-order valence-electron chi connectivity index (χ2n) is 7.93. The van der Waals surface area contributed by atoms with Gasteiger partial charge >= 0.3 is 0 Å². The van der Waals surface area contributed by atoms with E-state index in [1.54, 1.807) is 36.3 Å². The number of ether oxygens (including phenoxy) is 1. The number of anilines is 1. The number of hydrogen-bond acceptors (Lipinski definition) is 4. The van der Waals surface area contributed by atoms with Crippen LogP contribution in [0.2, 0.25) is 0 Å². The van der Waals surface area contributed by atoms with Crippen molar-refractivity contribution in [2.75, 3.05) is 31.6 Å². The Morgan fingerprint density at radius 1 is 1.10 bits per heavy atom. The number of nitrogens with one attached hydrogen (secondary N) is 2. The van der Waals surface area contributed by atoms with Crippen molar-refractivity contribution in [2.24, 2.45) is 5.92 Å². The molecule has 0 aromatic heterocycles. The fourth-order valence-corrected chi connectivity index (χ4v) is 3.56. The van der Waals surface area contributed by atoms with Crippen molar-refractivity contribution in [3.8, 4) is 5.75 Å². The predicted octanol–water partition coefficient (Wildman–Crippen LogP) is 2.72. The maximum absolute atomic E-state index is 12.5. The monoisotopic (exact) mass is 423 g/mol. The molecule has 164 valence electrons. The van der Waals surface area contributed by atoms with Crippen molar-refractivity contribution in [1.82, 2.24) is 10.6 Å². The average molecular weight is 424 g/mol. The zero-order valence-electron chi connectivity index (χ0n) is 18.2. The summed E-state index contributed by atoms with van der Waals surface area (Å²) < 4.78 is 5.12. The molecule has 7 heteroatoms. The summed E-state index contributed by atoms with van der Waals surface area (Å²) in [5.41, 5.74) is 2.48. The van der Waals surface area contributed by atoms with Crippen molar-refractivity contribution < 1.29 is 19.1 Å². The lowest BCUT2D eigenvalue weighted by Gasteiger charge is -2.18. The molecule has 2 N–H and O–H groups in total. The van der Waals surface area contributed by atoms with E-state index in [0.29, 0.717) is 36.9 Å². The highest BCUT2D eigenvalue weighted by Gasteiger charge is 2.35. The van der Waals surface area contributed by atoms with E-state index in [-0.39, 0.29) is 24.1 Å². The highest BCUT2D eigenvalue weighted by molar-refractivity contribution is 6.00. The molecule has 3 rings (SSSR count). The number of carbonyl (C=O) groups excluding carboxylic acids is 3. The first kappa shape index (κ1) is 22.3. The molecule has 3 amide bonds. The first-order chi connectivity index (χ1) is 14.9. The first-order valence-electron chi connectivity index (χ1n) is 10.5. The maximum Gasteiger partial charge on any atom is 0.251 e. The molecule has 1 aliphatic heterocycles. The molecule has 0 bridgehead atoms. The number of nitrogens with zero attached hydrogens (tertiary/aromatic N) is 1. The molecule has 1 saturated heterocycles. The molecule has 0 radical (unpaired) electrons. The standard InChI is InChI=1S/C24H29N3O4/c1-16(2)17-6-4-8-20(12-17)27-15-19(14-22(27)28)24(30)26-11-10-25-23(29)18-7-5-9-21(13-18)31-3/h4-9,12-13,16,19H,10-11,14-15H2,1-3H3,(H,25,29)(H,26,30)/t19-/m0/s1. The third kappa shape index (κ3) is 5.63.